The largest absolute Gasteiger partial charge is 3.00 e. The Morgan fingerprint density at radius 1 is 1.42 bits per heavy atom. The van der Waals surface area contributed by atoms with Gasteiger partial charge in [0.15, 0.2) is 0 Å². The zero-order valence-corrected chi connectivity index (χ0v) is 9.64. The Morgan fingerprint density at radius 2 is 1.92 bits per heavy atom. The van der Waals surface area contributed by atoms with E-state index in [0.29, 0.717) is 6.42 Å². The Bertz CT molecular complexity index is 107. The Kier molecular flexibility index (Phi) is 17.6. The molecule has 0 aromatic carbocycles. The topological polar surface area (TPSA) is 40.1 Å². The Balaban J connectivity index is -0.000000405. The third kappa shape index (κ3) is 8.60. The molecule has 0 aliphatic rings. The molecule has 2 nitrogen and oxygen atoms in total. The van der Waals surface area contributed by atoms with Crippen LogP contribution in [-0.4, -0.2) is 5.97 Å². The van der Waals surface area contributed by atoms with E-state index in [-0.39, 0.29) is 40.1 Å². The van der Waals surface area contributed by atoms with E-state index in [1.54, 1.807) is 0 Å². The Labute approximate surface area is 95.4 Å². The minimum Gasteiger partial charge on any atom is -0.550 e. The maximum absolute atomic E-state index is 10.3. The summed E-state index contributed by atoms with van der Waals surface area (Å²) in [7, 11) is 0. The Morgan fingerprint density at radius 3 is 2.17 bits per heavy atom. The predicted molar refractivity (Wildman–Crippen MR) is 38.3 cm³/mol. The van der Waals surface area contributed by atoms with Crippen molar-refractivity contribution >= 4 is 5.97 Å². The number of carboxylic acid groups (broad SMARTS) is 1. The molecule has 1 unspecified atom stereocenters. The normalized spacial score (nSPS) is 10.8. The van der Waals surface area contributed by atoms with Gasteiger partial charge in [-0.2, -0.15) is 0 Å². The van der Waals surface area contributed by atoms with Crippen LogP contribution in [0, 0.1) is 5.92 Å². The van der Waals surface area contributed by atoms with Gasteiger partial charge in [-0.25, -0.2) is 0 Å². The predicted octanol–water partition coefficient (Wildman–Crippen LogP) is 0.948. The molecule has 0 saturated heterocycles. The van der Waals surface area contributed by atoms with E-state index in [0.717, 1.165) is 19.3 Å². The van der Waals surface area contributed by atoms with Gasteiger partial charge < -0.3 is 9.90 Å². The van der Waals surface area contributed by atoms with E-state index >= 15 is 0 Å². The molecule has 0 amide bonds. The molecule has 0 fully saturated rings. The van der Waals surface area contributed by atoms with Crippen LogP contribution in [0.5, 0.6) is 0 Å². The van der Waals surface area contributed by atoms with E-state index in [4.69, 9.17) is 0 Å². The van der Waals surface area contributed by atoms with Gasteiger partial charge in [0.05, 0.1) is 0 Å². The number of carbonyl (C=O) groups is 1. The molecular formula is C8H15Fe2O2+4. The summed E-state index contributed by atoms with van der Waals surface area (Å²) in [5.74, 6) is -1.11. The van der Waals surface area contributed by atoms with Crippen LogP contribution >= 0.6 is 0 Å². The second-order valence-corrected chi connectivity index (χ2v) is 2.57. The van der Waals surface area contributed by atoms with Crippen LogP contribution in [-0.2, 0) is 38.9 Å². The zero-order valence-electron chi connectivity index (χ0n) is 7.43. The average Bonchev–Trinajstić information content (AvgIpc) is 1.89. The van der Waals surface area contributed by atoms with Gasteiger partial charge in [-0.1, -0.05) is 26.7 Å². The van der Waals surface area contributed by atoms with E-state index in [9.17, 15) is 9.90 Å². The van der Waals surface area contributed by atoms with Crippen LogP contribution < -0.4 is 5.11 Å². The van der Waals surface area contributed by atoms with Gasteiger partial charge in [0.2, 0.25) is 0 Å². The standard InChI is InChI=1S/C8H16O2.2Fe/c1-3-5-6-7(4-2)8(9)10;;/h7H,3-6H2,1-2H3,(H,9,10);;/q;+2;+3/p-1. The summed E-state index contributed by atoms with van der Waals surface area (Å²) in [6.07, 6.45) is 3.52. The molecule has 0 heterocycles. The van der Waals surface area contributed by atoms with Crippen molar-refractivity contribution in [1.29, 1.82) is 0 Å². The quantitative estimate of drug-likeness (QED) is 0.686. The van der Waals surface area contributed by atoms with Crippen molar-refractivity contribution in [1.82, 2.24) is 0 Å². The molecule has 1 radical (unpaired) electrons. The molecule has 0 saturated carbocycles. The van der Waals surface area contributed by atoms with Crippen molar-refractivity contribution in [3.05, 3.63) is 0 Å². The number of carbonyl (C=O) groups excluding carboxylic acids is 1. The van der Waals surface area contributed by atoms with E-state index in [1.807, 2.05) is 6.92 Å². The fourth-order valence-corrected chi connectivity index (χ4v) is 0.939. The second kappa shape index (κ2) is 11.5. The van der Waals surface area contributed by atoms with Crippen molar-refractivity contribution in [2.24, 2.45) is 5.92 Å². The smallest absolute Gasteiger partial charge is 0.550 e. The first kappa shape index (κ1) is 18.3. The fourth-order valence-electron chi connectivity index (χ4n) is 0.939. The van der Waals surface area contributed by atoms with Crippen LogP contribution in [0.25, 0.3) is 0 Å². The summed E-state index contributed by atoms with van der Waals surface area (Å²) < 4.78 is 0. The molecule has 0 N–H and O–H groups in total. The summed E-state index contributed by atoms with van der Waals surface area (Å²) in [4.78, 5) is 10.3. The summed E-state index contributed by atoms with van der Waals surface area (Å²) in [6, 6.07) is 0. The molecule has 0 aromatic heterocycles. The molecule has 0 aliphatic carbocycles. The number of rotatable bonds is 5. The minimum absolute atomic E-state index is 0. The average molecular weight is 255 g/mol. The van der Waals surface area contributed by atoms with Crippen LogP contribution in [0.15, 0.2) is 0 Å². The number of carboxylic acids is 1. The van der Waals surface area contributed by atoms with Crippen LogP contribution in [0.2, 0.25) is 0 Å². The second-order valence-electron chi connectivity index (χ2n) is 2.57. The summed E-state index contributed by atoms with van der Waals surface area (Å²) in [5.41, 5.74) is 0. The first-order valence-electron chi connectivity index (χ1n) is 3.93. The fraction of sp³-hybridized carbons (Fsp3) is 0.875. The van der Waals surface area contributed by atoms with Gasteiger partial charge in [0.1, 0.15) is 0 Å². The number of unbranched alkanes of at least 4 members (excludes halogenated alkanes) is 1. The monoisotopic (exact) mass is 255 g/mol. The maximum atomic E-state index is 10.3. The third-order valence-electron chi connectivity index (χ3n) is 1.73. The van der Waals surface area contributed by atoms with Gasteiger partial charge in [-0.3, -0.25) is 0 Å². The van der Waals surface area contributed by atoms with Crippen molar-refractivity contribution in [3.63, 3.8) is 0 Å². The first-order valence-corrected chi connectivity index (χ1v) is 3.93. The molecule has 71 valence electrons. The molecule has 0 bridgehead atoms. The number of aliphatic carboxylic acids is 1. The third-order valence-corrected chi connectivity index (χ3v) is 1.73. The minimum atomic E-state index is -0.893. The van der Waals surface area contributed by atoms with Gasteiger partial charge in [0, 0.05) is 5.97 Å². The van der Waals surface area contributed by atoms with Crippen molar-refractivity contribution in [3.8, 4) is 0 Å². The number of hydrogen-bond donors (Lipinski definition) is 0. The molecule has 0 spiro atoms. The van der Waals surface area contributed by atoms with Crippen molar-refractivity contribution in [2.45, 2.75) is 39.5 Å². The van der Waals surface area contributed by atoms with E-state index < -0.39 is 5.97 Å². The van der Waals surface area contributed by atoms with E-state index in [1.165, 1.54) is 0 Å². The first-order chi connectivity index (χ1) is 4.72. The van der Waals surface area contributed by atoms with Gasteiger partial charge in [0.25, 0.3) is 0 Å². The summed E-state index contributed by atoms with van der Waals surface area (Å²) in [5, 5.41) is 10.3. The SMILES string of the molecule is CCCCC(CC)C(=O)[O-].[Fe+2].[Fe+3]. The van der Waals surface area contributed by atoms with Gasteiger partial charge in [-0.05, 0) is 18.8 Å². The van der Waals surface area contributed by atoms with Crippen molar-refractivity contribution < 1.29 is 44.0 Å². The number of hydrogen-bond acceptors (Lipinski definition) is 2. The molecule has 4 heteroatoms. The Hall–Kier alpha value is 0.509. The summed E-state index contributed by atoms with van der Waals surface area (Å²) in [6.45, 7) is 3.94. The van der Waals surface area contributed by atoms with Gasteiger partial charge >= 0.3 is 34.1 Å². The zero-order chi connectivity index (χ0) is 7.98. The van der Waals surface area contributed by atoms with E-state index in [2.05, 4.69) is 6.92 Å². The van der Waals surface area contributed by atoms with Crippen LogP contribution in [0.4, 0.5) is 0 Å². The summed E-state index contributed by atoms with van der Waals surface area (Å²) >= 11 is 0. The molecule has 0 aromatic rings. The maximum Gasteiger partial charge on any atom is 3.00 e. The molecule has 12 heavy (non-hydrogen) atoms. The molecular weight excluding hydrogens is 240 g/mol. The molecule has 0 rings (SSSR count). The van der Waals surface area contributed by atoms with Crippen LogP contribution in [0.3, 0.4) is 0 Å². The molecule has 1 atom stereocenters. The molecule has 0 aliphatic heterocycles. The van der Waals surface area contributed by atoms with Crippen LogP contribution in [0.1, 0.15) is 39.5 Å². The van der Waals surface area contributed by atoms with Crippen molar-refractivity contribution in [2.75, 3.05) is 0 Å². The van der Waals surface area contributed by atoms with Gasteiger partial charge in [-0.15, -0.1) is 0 Å².